The van der Waals surface area contributed by atoms with E-state index >= 15 is 0 Å². The summed E-state index contributed by atoms with van der Waals surface area (Å²) in [6.07, 6.45) is 1.22. The van der Waals surface area contributed by atoms with Crippen LogP contribution in [0.3, 0.4) is 0 Å². The average molecular weight is 335 g/mol. The number of halogens is 1. The summed E-state index contributed by atoms with van der Waals surface area (Å²) in [6.45, 7) is 7.79. The molecule has 0 aliphatic carbocycles. The van der Waals surface area contributed by atoms with Crippen molar-refractivity contribution in [2.24, 2.45) is 5.41 Å². The van der Waals surface area contributed by atoms with Gasteiger partial charge in [-0.1, -0.05) is 0 Å². The van der Waals surface area contributed by atoms with Crippen LogP contribution in [-0.2, 0) is 14.3 Å². The zero-order valence-electron chi connectivity index (χ0n) is 13.9. The summed E-state index contributed by atoms with van der Waals surface area (Å²) >= 11 is 5.51. The molecule has 0 unspecified atom stereocenters. The van der Waals surface area contributed by atoms with E-state index < -0.39 is 5.60 Å². The van der Waals surface area contributed by atoms with Crippen molar-refractivity contribution in [2.75, 3.05) is 39.2 Å². The van der Waals surface area contributed by atoms with Gasteiger partial charge in [-0.25, -0.2) is 4.79 Å². The molecule has 1 saturated heterocycles. The lowest BCUT2D eigenvalue weighted by Gasteiger charge is -2.41. The fourth-order valence-electron chi connectivity index (χ4n) is 2.50. The van der Waals surface area contributed by atoms with Gasteiger partial charge in [-0.15, -0.1) is 11.6 Å². The second-order valence-electron chi connectivity index (χ2n) is 6.81. The van der Waals surface area contributed by atoms with Crippen LogP contribution < -0.4 is 5.32 Å². The second kappa shape index (κ2) is 8.02. The molecule has 0 spiro atoms. The summed E-state index contributed by atoms with van der Waals surface area (Å²) in [6, 6.07) is 0. The molecule has 1 heterocycles. The highest BCUT2D eigenvalue weighted by Crippen LogP contribution is 2.32. The average Bonchev–Trinajstić information content (AvgIpc) is 2.44. The lowest BCUT2D eigenvalue weighted by molar-refractivity contribution is -0.119. The molecule has 7 heteroatoms. The van der Waals surface area contributed by atoms with Gasteiger partial charge in [0.05, 0.1) is 6.61 Å². The van der Waals surface area contributed by atoms with Crippen molar-refractivity contribution in [1.29, 1.82) is 0 Å². The van der Waals surface area contributed by atoms with Crippen LogP contribution in [0.1, 0.15) is 33.6 Å². The molecule has 0 atom stereocenters. The minimum absolute atomic E-state index is 0.0485. The highest BCUT2D eigenvalue weighted by atomic mass is 35.5. The maximum atomic E-state index is 12.1. The molecule has 128 valence electrons. The Morgan fingerprint density at radius 2 is 1.86 bits per heavy atom. The number of nitrogens with one attached hydrogen (secondary N) is 1. The summed E-state index contributed by atoms with van der Waals surface area (Å²) in [4.78, 5) is 25.2. The molecular formula is C15H27ClN2O4. The van der Waals surface area contributed by atoms with Gasteiger partial charge < -0.3 is 19.7 Å². The molecule has 0 saturated carbocycles. The number of alkyl halides is 1. The van der Waals surface area contributed by atoms with Gasteiger partial charge in [0.2, 0.25) is 5.91 Å². The number of carbonyl (C=O) groups is 2. The van der Waals surface area contributed by atoms with Gasteiger partial charge in [-0.05, 0) is 33.6 Å². The van der Waals surface area contributed by atoms with Gasteiger partial charge in [-0.3, -0.25) is 4.79 Å². The first-order valence-corrected chi connectivity index (χ1v) is 8.04. The van der Waals surface area contributed by atoms with Crippen LogP contribution in [0.2, 0.25) is 0 Å². The molecule has 1 rings (SSSR count). The lowest BCUT2D eigenvalue weighted by Crippen LogP contribution is -2.50. The van der Waals surface area contributed by atoms with Gasteiger partial charge in [0.15, 0.2) is 0 Å². The molecule has 0 aromatic rings. The first kappa shape index (κ1) is 19.0. The predicted molar refractivity (Wildman–Crippen MR) is 85.1 cm³/mol. The quantitative estimate of drug-likeness (QED) is 0.781. The molecule has 1 N–H and O–H groups in total. The van der Waals surface area contributed by atoms with Gasteiger partial charge in [-0.2, -0.15) is 0 Å². The van der Waals surface area contributed by atoms with E-state index in [2.05, 4.69) is 5.32 Å². The zero-order chi connectivity index (χ0) is 16.8. The van der Waals surface area contributed by atoms with Crippen LogP contribution >= 0.6 is 11.6 Å². The summed E-state index contributed by atoms with van der Waals surface area (Å²) in [5, 5.41) is 2.82. The van der Waals surface area contributed by atoms with E-state index in [1.165, 1.54) is 0 Å². The maximum Gasteiger partial charge on any atom is 0.410 e. The van der Waals surface area contributed by atoms with Crippen LogP contribution in [0, 0.1) is 5.41 Å². The van der Waals surface area contributed by atoms with Crippen molar-refractivity contribution in [3.05, 3.63) is 0 Å². The van der Waals surface area contributed by atoms with Gasteiger partial charge >= 0.3 is 6.09 Å². The molecule has 0 aromatic carbocycles. The molecule has 1 aliphatic heterocycles. The maximum absolute atomic E-state index is 12.1. The first-order valence-electron chi connectivity index (χ1n) is 7.51. The Hall–Kier alpha value is -1.01. The number of piperidine rings is 1. The van der Waals surface area contributed by atoms with Crippen molar-refractivity contribution in [1.82, 2.24) is 10.2 Å². The van der Waals surface area contributed by atoms with Crippen LogP contribution in [0.25, 0.3) is 0 Å². The monoisotopic (exact) mass is 334 g/mol. The third-order valence-corrected chi connectivity index (χ3v) is 3.95. The molecule has 1 aliphatic rings. The molecule has 0 radical (unpaired) electrons. The zero-order valence-corrected chi connectivity index (χ0v) is 14.7. The first-order chi connectivity index (χ1) is 10.2. The second-order valence-corrected chi connectivity index (χ2v) is 7.08. The highest BCUT2D eigenvalue weighted by molar-refractivity contribution is 6.27. The third kappa shape index (κ3) is 6.01. The van der Waals surface area contributed by atoms with Crippen LogP contribution in [0.5, 0.6) is 0 Å². The van der Waals surface area contributed by atoms with Crippen LogP contribution in [0.4, 0.5) is 4.79 Å². The minimum Gasteiger partial charge on any atom is -0.444 e. The number of methoxy groups -OCH3 is 1. The van der Waals surface area contributed by atoms with E-state index in [1.807, 2.05) is 20.8 Å². The number of hydrogen-bond donors (Lipinski definition) is 1. The van der Waals surface area contributed by atoms with E-state index in [0.717, 1.165) is 12.8 Å². The van der Waals surface area contributed by atoms with Crippen LogP contribution in [0.15, 0.2) is 0 Å². The van der Waals surface area contributed by atoms with Crippen molar-refractivity contribution in [3.63, 3.8) is 0 Å². The number of ether oxygens (including phenoxy) is 2. The fraction of sp³-hybridized carbons (Fsp3) is 0.867. The van der Waals surface area contributed by atoms with E-state index in [1.54, 1.807) is 12.0 Å². The van der Waals surface area contributed by atoms with E-state index in [-0.39, 0.29) is 23.3 Å². The Labute approximate surface area is 137 Å². The van der Waals surface area contributed by atoms with Gasteiger partial charge in [0, 0.05) is 32.2 Å². The third-order valence-electron chi connectivity index (χ3n) is 3.71. The number of nitrogens with zero attached hydrogens (tertiary/aromatic N) is 1. The van der Waals surface area contributed by atoms with E-state index in [4.69, 9.17) is 21.1 Å². The number of likely N-dealkylation sites (tertiary alicyclic amines) is 1. The molecule has 0 bridgehead atoms. The minimum atomic E-state index is -0.494. The largest absolute Gasteiger partial charge is 0.444 e. The fourth-order valence-corrected chi connectivity index (χ4v) is 2.60. The highest BCUT2D eigenvalue weighted by Gasteiger charge is 2.37. The smallest absolute Gasteiger partial charge is 0.410 e. The van der Waals surface area contributed by atoms with Gasteiger partial charge in [0.1, 0.15) is 11.5 Å². The Kier molecular flexibility index (Phi) is 6.94. The van der Waals surface area contributed by atoms with Crippen molar-refractivity contribution in [2.45, 2.75) is 39.2 Å². The van der Waals surface area contributed by atoms with Crippen molar-refractivity contribution < 1.29 is 19.1 Å². The van der Waals surface area contributed by atoms with Crippen molar-refractivity contribution >= 4 is 23.6 Å². The molecule has 22 heavy (non-hydrogen) atoms. The summed E-state index contributed by atoms with van der Waals surface area (Å²) in [5.74, 6) is -0.237. The molecule has 2 amide bonds. The number of amides is 2. The Morgan fingerprint density at radius 1 is 1.27 bits per heavy atom. The number of rotatable bonds is 5. The normalized spacial score (nSPS) is 18.0. The molecule has 6 nitrogen and oxygen atoms in total. The molecule has 0 aromatic heterocycles. The number of hydrogen-bond acceptors (Lipinski definition) is 4. The molecule has 1 fully saturated rings. The summed E-state index contributed by atoms with van der Waals surface area (Å²) in [7, 11) is 1.64. The Morgan fingerprint density at radius 3 is 2.32 bits per heavy atom. The van der Waals surface area contributed by atoms with Crippen molar-refractivity contribution in [3.8, 4) is 0 Å². The summed E-state index contributed by atoms with van der Waals surface area (Å²) in [5.41, 5.74) is -0.651. The summed E-state index contributed by atoms with van der Waals surface area (Å²) < 4.78 is 10.7. The molecular weight excluding hydrogens is 308 g/mol. The SMILES string of the molecule is COCC1(CNC(=O)CCl)CCN(C(=O)OC(C)(C)C)CC1. The van der Waals surface area contributed by atoms with Crippen LogP contribution in [-0.4, -0.2) is 61.7 Å². The number of carbonyl (C=O) groups excluding carboxylic acids is 2. The van der Waals surface area contributed by atoms with E-state index in [0.29, 0.717) is 26.2 Å². The standard InChI is InChI=1S/C15H27ClN2O4/c1-14(2,3)22-13(20)18-7-5-15(6-8-18,11-21-4)10-17-12(19)9-16/h5-11H2,1-4H3,(H,17,19). The lowest BCUT2D eigenvalue weighted by atomic mass is 9.79. The topological polar surface area (TPSA) is 67.9 Å². The Balaban J connectivity index is 2.57. The van der Waals surface area contributed by atoms with E-state index in [9.17, 15) is 9.59 Å². The Bertz CT molecular complexity index is 387. The predicted octanol–water partition coefficient (Wildman–Crippen LogP) is 2.01. The van der Waals surface area contributed by atoms with Gasteiger partial charge in [0.25, 0.3) is 0 Å².